The number of nitrogens with one attached hydrogen (secondary N) is 2. The number of nitrogens with zero attached hydrogens (tertiary/aromatic N) is 1. The van der Waals surface area contributed by atoms with Gasteiger partial charge in [-0.1, -0.05) is 38.1 Å². The summed E-state index contributed by atoms with van der Waals surface area (Å²) in [7, 11) is 1.63. The molecule has 23 heavy (non-hydrogen) atoms. The summed E-state index contributed by atoms with van der Waals surface area (Å²) in [6.45, 7) is 4.34. The standard InChI is InChI=1S/C18H21N3OS/c1-13(2)14-8-10-16(11-9-14)20-18(23)21-19-12-15-6-4-5-7-17(15)22-3/h4-13H,1-3H3,(H2,20,21,23)/b19-12+. The van der Waals surface area contributed by atoms with Gasteiger partial charge in [-0.2, -0.15) is 5.10 Å². The number of hydrogen-bond donors (Lipinski definition) is 2. The normalized spacial score (nSPS) is 10.8. The molecule has 0 aliphatic rings. The van der Waals surface area contributed by atoms with Crippen LogP contribution in [0.2, 0.25) is 0 Å². The van der Waals surface area contributed by atoms with Crippen molar-refractivity contribution in [2.45, 2.75) is 19.8 Å². The highest BCUT2D eigenvalue weighted by atomic mass is 32.1. The van der Waals surface area contributed by atoms with E-state index in [2.05, 4.69) is 41.8 Å². The van der Waals surface area contributed by atoms with Crippen molar-refractivity contribution < 1.29 is 4.74 Å². The van der Waals surface area contributed by atoms with E-state index in [9.17, 15) is 0 Å². The first-order valence-electron chi connectivity index (χ1n) is 7.43. The average Bonchev–Trinajstić information content (AvgIpc) is 2.55. The predicted molar refractivity (Wildman–Crippen MR) is 100 cm³/mol. The topological polar surface area (TPSA) is 45.6 Å². The van der Waals surface area contributed by atoms with Gasteiger partial charge in [0.05, 0.1) is 13.3 Å². The summed E-state index contributed by atoms with van der Waals surface area (Å²) in [5.74, 6) is 1.28. The number of hydrazone groups is 1. The van der Waals surface area contributed by atoms with Gasteiger partial charge in [-0.25, -0.2) is 0 Å². The molecule has 0 spiro atoms. The molecule has 2 N–H and O–H groups in total. The van der Waals surface area contributed by atoms with Crippen molar-refractivity contribution in [1.29, 1.82) is 0 Å². The number of para-hydroxylation sites is 1. The summed E-state index contributed by atoms with van der Waals surface area (Å²) < 4.78 is 5.26. The van der Waals surface area contributed by atoms with E-state index >= 15 is 0 Å². The highest BCUT2D eigenvalue weighted by Gasteiger charge is 2.01. The maximum Gasteiger partial charge on any atom is 0.191 e. The summed E-state index contributed by atoms with van der Waals surface area (Å²) in [6, 6.07) is 15.8. The number of benzene rings is 2. The molecule has 2 aromatic carbocycles. The minimum atomic E-state index is 0.438. The molecule has 0 amide bonds. The van der Waals surface area contributed by atoms with Crippen molar-refractivity contribution in [2.24, 2.45) is 5.10 Å². The fraction of sp³-hybridized carbons (Fsp3) is 0.222. The minimum Gasteiger partial charge on any atom is -0.496 e. The second kappa shape index (κ2) is 8.29. The lowest BCUT2D eigenvalue weighted by molar-refractivity contribution is 0.414. The Morgan fingerprint density at radius 3 is 2.48 bits per heavy atom. The summed E-state index contributed by atoms with van der Waals surface area (Å²) in [4.78, 5) is 0. The quantitative estimate of drug-likeness (QED) is 0.492. The third kappa shape index (κ3) is 5.07. The van der Waals surface area contributed by atoms with E-state index in [1.54, 1.807) is 13.3 Å². The molecule has 0 heterocycles. The molecule has 0 aromatic heterocycles. The van der Waals surface area contributed by atoms with Gasteiger partial charge in [0, 0.05) is 11.3 Å². The van der Waals surface area contributed by atoms with Crippen LogP contribution in [0.1, 0.15) is 30.9 Å². The van der Waals surface area contributed by atoms with Crippen LogP contribution in [0.25, 0.3) is 0 Å². The molecule has 0 unspecified atom stereocenters. The SMILES string of the molecule is COc1ccccc1/C=N/NC(=S)Nc1ccc(C(C)C)cc1. The fourth-order valence-electron chi connectivity index (χ4n) is 2.04. The monoisotopic (exact) mass is 327 g/mol. The molecule has 0 saturated heterocycles. The van der Waals surface area contributed by atoms with Gasteiger partial charge in [-0.3, -0.25) is 5.43 Å². The zero-order valence-electron chi connectivity index (χ0n) is 13.5. The Labute approximate surface area is 142 Å². The number of methoxy groups -OCH3 is 1. The van der Waals surface area contributed by atoms with Crippen LogP contribution in [0, 0.1) is 0 Å². The van der Waals surface area contributed by atoms with Gasteiger partial charge in [0.25, 0.3) is 0 Å². The number of anilines is 1. The van der Waals surface area contributed by atoms with E-state index in [-0.39, 0.29) is 0 Å². The van der Waals surface area contributed by atoms with Gasteiger partial charge >= 0.3 is 0 Å². The first kappa shape index (κ1) is 17.0. The average molecular weight is 327 g/mol. The maximum atomic E-state index is 5.26. The molecule has 0 saturated carbocycles. The number of rotatable bonds is 5. The Morgan fingerprint density at radius 1 is 1.13 bits per heavy atom. The molecule has 0 radical (unpaired) electrons. The molecule has 0 atom stereocenters. The molecule has 0 bridgehead atoms. The number of hydrogen-bond acceptors (Lipinski definition) is 3. The van der Waals surface area contributed by atoms with Gasteiger partial charge in [0.1, 0.15) is 5.75 Å². The van der Waals surface area contributed by atoms with E-state index in [1.165, 1.54) is 5.56 Å². The van der Waals surface area contributed by atoms with Gasteiger partial charge < -0.3 is 10.1 Å². The predicted octanol–water partition coefficient (Wildman–Crippen LogP) is 4.14. The van der Waals surface area contributed by atoms with Crippen LogP contribution < -0.4 is 15.5 Å². The van der Waals surface area contributed by atoms with Crippen LogP contribution in [0.3, 0.4) is 0 Å². The lowest BCUT2D eigenvalue weighted by Crippen LogP contribution is -2.23. The van der Waals surface area contributed by atoms with Gasteiger partial charge in [-0.05, 0) is 48.0 Å². The zero-order valence-corrected chi connectivity index (χ0v) is 14.4. The Kier molecular flexibility index (Phi) is 6.11. The molecule has 0 aliphatic carbocycles. The molecule has 4 nitrogen and oxygen atoms in total. The molecule has 2 rings (SSSR count). The Bertz CT molecular complexity index is 681. The van der Waals surface area contributed by atoms with E-state index in [0.717, 1.165) is 17.0 Å². The highest BCUT2D eigenvalue weighted by molar-refractivity contribution is 7.80. The molecule has 2 aromatic rings. The largest absolute Gasteiger partial charge is 0.496 e. The third-order valence-corrected chi connectivity index (χ3v) is 3.54. The second-order valence-electron chi connectivity index (χ2n) is 5.34. The van der Waals surface area contributed by atoms with Gasteiger partial charge in [-0.15, -0.1) is 0 Å². The molecular weight excluding hydrogens is 306 g/mol. The summed E-state index contributed by atoms with van der Waals surface area (Å²) >= 11 is 5.23. The summed E-state index contributed by atoms with van der Waals surface area (Å²) in [6.07, 6.45) is 1.68. The minimum absolute atomic E-state index is 0.438. The van der Waals surface area contributed by atoms with Crippen LogP contribution in [-0.4, -0.2) is 18.4 Å². The molecule has 0 aliphatic heterocycles. The van der Waals surface area contributed by atoms with Crippen LogP contribution >= 0.6 is 12.2 Å². The van der Waals surface area contributed by atoms with Gasteiger partial charge in [0.2, 0.25) is 0 Å². The van der Waals surface area contributed by atoms with Crippen molar-refractivity contribution in [3.63, 3.8) is 0 Å². The summed E-state index contributed by atoms with van der Waals surface area (Å²) in [5, 5.41) is 7.67. The van der Waals surface area contributed by atoms with E-state index in [0.29, 0.717) is 11.0 Å². The van der Waals surface area contributed by atoms with E-state index in [1.807, 2.05) is 36.4 Å². The van der Waals surface area contributed by atoms with Gasteiger partial charge in [0.15, 0.2) is 5.11 Å². The van der Waals surface area contributed by atoms with Crippen molar-refractivity contribution in [3.05, 3.63) is 59.7 Å². The van der Waals surface area contributed by atoms with Crippen molar-refractivity contribution in [3.8, 4) is 5.75 Å². The molecule has 5 heteroatoms. The smallest absolute Gasteiger partial charge is 0.191 e. The first-order valence-corrected chi connectivity index (χ1v) is 7.84. The molecular formula is C18H21N3OS. The van der Waals surface area contributed by atoms with Crippen molar-refractivity contribution in [2.75, 3.05) is 12.4 Å². The maximum absolute atomic E-state index is 5.26. The second-order valence-corrected chi connectivity index (χ2v) is 5.75. The fourth-order valence-corrected chi connectivity index (χ4v) is 2.21. The Hall–Kier alpha value is -2.40. The van der Waals surface area contributed by atoms with Crippen LogP contribution in [-0.2, 0) is 0 Å². The van der Waals surface area contributed by atoms with Crippen molar-refractivity contribution in [1.82, 2.24) is 5.43 Å². The first-order chi connectivity index (χ1) is 11.1. The van der Waals surface area contributed by atoms with Crippen LogP contribution in [0.4, 0.5) is 5.69 Å². The lowest BCUT2D eigenvalue weighted by atomic mass is 10.0. The molecule has 120 valence electrons. The Morgan fingerprint density at radius 2 is 1.83 bits per heavy atom. The molecule has 0 fully saturated rings. The van der Waals surface area contributed by atoms with E-state index < -0.39 is 0 Å². The summed E-state index contributed by atoms with van der Waals surface area (Å²) in [5.41, 5.74) is 5.91. The van der Waals surface area contributed by atoms with E-state index in [4.69, 9.17) is 17.0 Å². The van der Waals surface area contributed by atoms with Crippen molar-refractivity contribution >= 4 is 29.2 Å². The number of thiocarbonyl (C=S) groups is 1. The third-order valence-electron chi connectivity index (χ3n) is 3.34. The van der Waals surface area contributed by atoms with Crippen LogP contribution in [0.15, 0.2) is 53.6 Å². The van der Waals surface area contributed by atoms with Crippen LogP contribution in [0.5, 0.6) is 5.75 Å². The highest BCUT2D eigenvalue weighted by Crippen LogP contribution is 2.17. The number of ether oxygens (including phenoxy) is 1. The zero-order chi connectivity index (χ0) is 16.7. The Balaban J connectivity index is 1.91. The lowest BCUT2D eigenvalue weighted by Gasteiger charge is -2.09.